The molecule has 0 saturated heterocycles. The van der Waals surface area contributed by atoms with Crippen LogP contribution in [-0.2, 0) is 0 Å². The molecule has 2 rings (SSSR count). The largest absolute Gasteiger partial charge is 0.335 e. The maximum Gasteiger partial charge on any atom is 0.321 e. The first-order valence-corrected chi connectivity index (χ1v) is 5.80. The second-order valence-corrected chi connectivity index (χ2v) is 4.65. The fraction of sp³-hybridized carbons (Fsp3) is 0.818. The molecule has 1 aliphatic rings. The lowest BCUT2D eigenvalue weighted by Crippen LogP contribution is -2.04. The van der Waals surface area contributed by atoms with Gasteiger partial charge in [0, 0.05) is 12.0 Å². The number of nitrogens with one attached hydrogen (secondary N) is 1. The number of rotatable bonds is 5. The van der Waals surface area contributed by atoms with Gasteiger partial charge in [-0.3, -0.25) is 0 Å². The Morgan fingerprint density at radius 3 is 2.93 bits per heavy atom. The van der Waals surface area contributed by atoms with Crippen LogP contribution in [-0.4, -0.2) is 16.2 Å². The molecule has 1 aromatic rings. The molecule has 4 nitrogen and oxygen atoms in total. The molecular weight excluding hydrogens is 190 g/mol. The standard InChI is InChI=1S/C11H19N3O/c1-4-5-8-6-9(8)12-11-13-10(7(2)3)14-15-11/h7-9H,4-6H2,1-3H3,(H,12,13,14). The molecular formula is C11H19N3O. The Balaban J connectivity index is 1.84. The first-order chi connectivity index (χ1) is 7.20. The first-order valence-electron chi connectivity index (χ1n) is 5.80. The van der Waals surface area contributed by atoms with Gasteiger partial charge in [0.05, 0.1) is 0 Å². The Labute approximate surface area is 90.4 Å². The molecule has 2 atom stereocenters. The van der Waals surface area contributed by atoms with Crippen molar-refractivity contribution in [3.05, 3.63) is 5.82 Å². The maximum absolute atomic E-state index is 5.13. The summed E-state index contributed by atoms with van der Waals surface area (Å²) in [7, 11) is 0. The normalized spacial score (nSPS) is 24.5. The number of anilines is 1. The van der Waals surface area contributed by atoms with Gasteiger partial charge < -0.3 is 9.84 Å². The van der Waals surface area contributed by atoms with Gasteiger partial charge >= 0.3 is 6.01 Å². The molecule has 15 heavy (non-hydrogen) atoms. The van der Waals surface area contributed by atoms with Gasteiger partial charge in [0.2, 0.25) is 0 Å². The monoisotopic (exact) mass is 209 g/mol. The molecule has 0 spiro atoms. The fourth-order valence-electron chi connectivity index (χ4n) is 1.80. The Morgan fingerprint density at radius 2 is 2.33 bits per heavy atom. The van der Waals surface area contributed by atoms with Crippen LogP contribution < -0.4 is 5.32 Å². The lowest BCUT2D eigenvalue weighted by Gasteiger charge is -1.98. The molecule has 4 heteroatoms. The third kappa shape index (κ3) is 2.49. The minimum atomic E-state index is 0.329. The Morgan fingerprint density at radius 1 is 1.53 bits per heavy atom. The summed E-state index contributed by atoms with van der Waals surface area (Å²) < 4.78 is 5.13. The lowest BCUT2D eigenvalue weighted by molar-refractivity contribution is 0.418. The van der Waals surface area contributed by atoms with E-state index in [0.717, 1.165) is 11.7 Å². The van der Waals surface area contributed by atoms with Gasteiger partial charge in [-0.2, -0.15) is 4.98 Å². The highest BCUT2D eigenvalue weighted by molar-refractivity contribution is 5.25. The number of aromatic nitrogens is 2. The van der Waals surface area contributed by atoms with Crippen molar-refractivity contribution in [1.29, 1.82) is 0 Å². The molecule has 2 unspecified atom stereocenters. The highest BCUT2D eigenvalue weighted by Crippen LogP contribution is 2.36. The third-order valence-electron chi connectivity index (χ3n) is 2.85. The van der Waals surface area contributed by atoms with E-state index in [9.17, 15) is 0 Å². The van der Waals surface area contributed by atoms with E-state index < -0.39 is 0 Å². The molecule has 0 bridgehead atoms. The van der Waals surface area contributed by atoms with E-state index in [1.54, 1.807) is 0 Å². The van der Waals surface area contributed by atoms with Crippen molar-refractivity contribution in [3.63, 3.8) is 0 Å². The molecule has 0 amide bonds. The van der Waals surface area contributed by atoms with Gasteiger partial charge in [-0.25, -0.2) is 0 Å². The van der Waals surface area contributed by atoms with Crippen molar-refractivity contribution in [2.24, 2.45) is 5.92 Å². The molecule has 1 aromatic heterocycles. The molecule has 1 heterocycles. The van der Waals surface area contributed by atoms with Gasteiger partial charge in [0.15, 0.2) is 5.82 Å². The summed E-state index contributed by atoms with van der Waals surface area (Å²) in [6.45, 7) is 6.34. The molecule has 0 aromatic carbocycles. The van der Waals surface area contributed by atoms with Crippen LogP contribution in [0, 0.1) is 5.92 Å². The van der Waals surface area contributed by atoms with Crippen LogP contribution in [0.2, 0.25) is 0 Å². The topological polar surface area (TPSA) is 51.0 Å². The SMILES string of the molecule is CCCC1CC1Nc1nc(C(C)C)no1. The van der Waals surface area contributed by atoms with Crippen LogP contribution in [0.15, 0.2) is 4.52 Å². The second-order valence-electron chi connectivity index (χ2n) is 4.65. The molecule has 1 aliphatic carbocycles. The summed E-state index contributed by atoms with van der Waals surface area (Å²) >= 11 is 0. The molecule has 1 fully saturated rings. The molecule has 84 valence electrons. The Kier molecular flexibility index (Phi) is 2.93. The molecule has 1 saturated carbocycles. The molecule has 0 radical (unpaired) electrons. The minimum Gasteiger partial charge on any atom is -0.335 e. The van der Waals surface area contributed by atoms with Gasteiger partial charge in [-0.05, 0) is 18.8 Å². The zero-order chi connectivity index (χ0) is 10.8. The van der Waals surface area contributed by atoms with Crippen molar-refractivity contribution in [1.82, 2.24) is 10.1 Å². The van der Waals surface area contributed by atoms with E-state index in [1.807, 2.05) is 0 Å². The average Bonchev–Trinajstić information content (AvgIpc) is 2.75. The first kappa shape index (κ1) is 10.5. The van der Waals surface area contributed by atoms with Crippen molar-refractivity contribution < 1.29 is 4.52 Å². The number of hydrogen-bond acceptors (Lipinski definition) is 4. The minimum absolute atomic E-state index is 0.329. The lowest BCUT2D eigenvalue weighted by atomic mass is 10.2. The van der Waals surface area contributed by atoms with Crippen LogP contribution in [0.1, 0.15) is 51.8 Å². The summed E-state index contributed by atoms with van der Waals surface area (Å²) in [5, 5.41) is 7.20. The summed E-state index contributed by atoms with van der Waals surface area (Å²) in [4.78, 5) is 4.30. The van der Waals surface area contributed by atoms with Crippen molar-refractivity contribution in [3.8, 4) is 0 Å². The summed E-state index contributed by atoms with van der Waals surface area (Å²) in [6, 6.07) is 1.15. The molecule has 1 N–H and O–H groups in total. The highest BCUT2D eigenvalue weighted by Gasteiger charge is 2.37. The van der Waals surface area contributed by atoms with E-state index >= 15 is 0 Å². The quantitative estimate of drug-likeness (QED) is 0.810. The van der Waals surface area contributed by atoms with Crippen molar-refractivity contribution >= 4 is 6.01 Å². The third-order valence-corrected chi connectivity index (χ3v) is 2.85. The van der Waals surface area contributed by atoms with Crippen LogP contribution >= 0.6 is 0 Å². The van der Waals surface area contributed by atoms with Gasteiger partial charge in [0.1, 0.15) is 0 Å². The highest BCUT2D eigenvalue weighted by atomic mass is 16.5. The van der Waals surface area contributed by atoms with Crippen LogP contribution in [0.3, 0.4) is 0 Å². The summed E-state index contributed by atoms with van der Waals surface area (Å²) in [5.74, 6) is 1.92. The van der Waals surface area contributed by atoms with E-state index in [-0.39, 0.29) is 0 Å². The van der Waals surface area contributed by atoms with E-state index in [2.05, 4.69) is 36.2 Å². The maximum atomic E-state index is 5.13. The van der Waals surface area contributed by atoms with Crippen LogP contribution in [0.5, 0.6) is 0 Å². The Bertz CT molecular complexity index is 321. The van der Waals surface area contributed by atoms with Crippen molar-refractivity contribution in [2.75, 3.05) is 5.32 Å². The number of hydrogen-bond donors (Lipinski definition) is 1. The summed E-state index contributed by atoms with van der Waals surface area (Å²) in [6.07, 6.45) is 3.79. The zero-order valence-corrected chi connectivity index (χ0v) is 9.66. The average molecular weight is 209 g/mol. The smallest absolute Gasteiger partial charge is 0.321 e. The van der Waals surface area contributed by atoms with Gasteiger partial charge in [-0.1, -0.05) is 32.3 Å². The van der Waals surface area contributed by atoms with E-state index in [4.69, 9.17) is 4.52 Å². The fourth-order valence-corrected chi connectivity index (χ4v) is 1.80. The van der Waals surface area contributed by atoms with E-state index in [1.165, 1.54) is 19.3 Å². The van der Waals surface area contributed by atoms with Crippen LogP contribution in [0.25, 0.3) is 0 Å². The summed E-state index contributed by atoms with van der Waals surface area (Å²) in [5.41, 5.74) is 0. The van der Waals surface area contributed by atoms with E-state index in [0.29, 0.717) is 18.0 Å². The molecule has 0 aliphatic heterocycles. The zero-order valence-electron chi connectivity index (χ0n) is 9.66. The predicted molar refractivity (Wildman–Crippen MR) is 58.8 cm³/mol. The van der Waals surface area contributed by atoms with Gasteiger partial charge in [0.25, 0.3) is 0 Å². The number of nitrogens with zero attached hydrogens (tertiary/aromatic N) is 2. The van der Waals surface area contributed by atoms with Crippen molar-refractivity contribution in [2.45, 2.75) is 52.0 Å². The predicted octanol–water partition coefficient (Wildman–Crippen LogP) is 2.79. The second kappa shape index (κ2) is 4.21. The Hall–Kier alpha value is -1.06. The van der Waals surface area contributed by atoms with Gasteiger partial charge in [-0.15, -0.1) is 0 Å². The van der Waals surface area contributed by atoms with Crippen LogP contribution in [0.4, 0.5) is 6.01 Å².